The zero-order chi connectivity index (χ0) is 13.9. The summed E-state index contributed by atoms with van der Waals surface area (Å²) < 4.78 is 0. The summed E-state index contributed by atoms with van der Waals surface area (Å²) in [5, 5.41) is 2.92. The highest BCUT2D eigenvalue weighted by molar-refractivity contribution is 5.93. The molecule has 0 spiro atoms. The maximum atomic E-state index is 12.0. The molecule has 5 nitrogen and oxygen atoms in total. The molecule has 0 unspecified atom stereocenters. The standard InChI is InChI=1S/C15H18N4O.ClH/c16-12-3-1-2-10(12)8-15(20)19-11-4-5-13-14(9-11)18-7-6-17-13;/h4-7,9-10,12H,1-3,8,16H2,(H,19,20);1H/t10-,12+;/m0./s1. The number of hydrogen-bond acceptors (Lipinski definition) is 4. The van der Waals surface area contributed by atoms with Gasteiger partial charge in [0, 0.05) is 30.5 Å². The van der Waals surface area contributed by atoms with Crippen LogP contribution in [0.2, 0.25) is 0 Å². The van der Waals surface area contributed by atoms with Crippen LogP contribution in [0, 0.1) is 5.92 Å². The average Bonchev–Trinajstić information content (AvgIpc) is 2.84. The van der Waals surface area contributed by atoms with Crippen molar-refractivity contribution in [1.82, 2.24) is 9.97 Å². The van der Waals surface area contributed by atoms with Crippen LogP contribution in [0.25, 0.3) is 11.0 Å². The van der Waals surface area contributed by atoms with Gasteiger partial charge in [0.2, 0.25) is 5.91 Å². The molecule has 112 valence electrons. The van der Waals surface area contributed by atoms with Gasteiger partial charge in [-0.1, -0.05) is 6.42 Å². The second-order valence-electron chi connectivity index (χ2n) is 5.37. The Balaban J connectivity index is 0.00000161. The highest BCUT2D eigenvalue weighted by Crippen LogP contribution is 2.27. The van der Waals surface area contributed by atoms with Gasteiger partial charge in [0.25, 0.3) is 0 Å². The lowest BCUT2D eigenvalue weighted by Crippen LogP contribution is -2.28. The number of aromatic nitrogens is 2. The number of nitrogens with two attached hydrogens (primary N) is 1. The lowest BCUT2D eigenvalue weighted by atomic mass is 10.00. The number of halogens is 1. The third-order valence-electron chi connectivity index (χ3n) is 3.92. The van der Waals surface area contributed by atoms with Gasteiger partial charge in [-0.15, -0.1) is 12.4 Å². The van der Waals surface area contributed by atoms with Crippen molar-refractivity contribution in [3.05, 3.63) is 30.6 Å². The minimum atomic E-state index is 0. The lowest BCUT2D eigenvalue weighted by molar-refractivity contribution is -0.117. The molecule has 0 saturated heterocycles. The molecule has 2 atom stereocenters. The molecule has 0 aliphatic heterocycles. The van der Waals surface area contributed by atoms with Crippen LogP contribution >= 0.6 is 12.4 Å². The van der Waals surface area contributed by atoms with Crippen LogP contribution in [0.3, 0.4) is 0 Å². The van der Waals surface area contributed by atoms with Crippen molar-refractivity contribution in [2.24, 2.45) is 11.7 Å². The number of amides is 1. The van der Waals surface area contributed by atoms with E-state index in [0.717, 1.165) is 36.0 Å². The van der Waals surface area contributed by atoms with Gasteiger partial charge in [-0.25, -0.2) is 0 Å². The van der Waals surface area contributed by atoms with Crippen molar-refractivity contribution in [3.8, 4) is 0 Å². The summed E-state index contributed by atoms with van der Waals surface area (Å²) in [6, 6.07) is 5.72. The third-order valence-corrected chi connectivity index (χ3v) is 3.92. The minimum absolute atomic E-state index is 0. The van der Waals surface area contributed by atoms with Gasteiger partial charge in [-0.05, 0) is 37.0 Å². The molecule has 1 aromatic carbocycles. The number of rotatable bonds is 3. The molecule has 1 aromatic heterocycles. The highest BCUT2D eigenvalue weighted by Gasteiger charge is 2.25. The molecule has 1 aliphatic carbocycles. The molecule has 6 heteroatoms. The second kappa shape index (κ2) is 6.83. The van der Waals surface area contributed by atoms with Gasteiger partial charge in [0.05, 0.1) is 11.0 Å². The van der Waals surface area contributed by atoms with E-state index in [4.69, 9.17) is 5.73 Å². The SMILES string of the molecule is Cl.N[C@@H]1CCC[C@H]1CC(=O)Nc1ccc2nccnc2c1. The fourth-order valence-electron chi connectivity index (χ4n) is 2.81. The van der Waals surface area contributed by atoms with Crippen molar-refractivity contribution in [2.45, 2.75) is 31.7 Å². The molecule has 1 aliphatic rings. The fourth-order valence-corrected chi connectivity index (χ4v) is 2.81. The predicted octanol–water partition coefficient (Wildman–Crippen LogP) is 2.51. The quantitative estimate of drug-likeness (QED) is 0.913. The Bertz CT molecular complexity index is 634. The van der Waals surface area contributed by atoms with Gasteiger partial charge < -0.3 is 11.1 Å². The third kappa shape index (κ3) is 3.68. The average molecular weight is 307 g/mol. The smallest absolute Gasteiger partial charge is 0.224 e. The number of carbonyl (C=O) groups is 1. The van der Waals surface area contributed by atoms with Crippen LogP contribution < -0.4 is 11.1 Å². The van der Waals surface area contributed by atoms with E-state index in [0.29, 0.717) is 12.3 Å². The molecule has 1 amide bonds. The second-order valence-corrected chi connectivity index (χ2v) is 5.37. The van der Waals surface area contributed by atoms with E-state index in [2.05, 4.69) is 15.3 Å². The summed E-state index contributed by atoms with van der Waals surface area (Å²) >= 11 is 0. The Labute approximate surface area is 129 Å². The van der Waals surface area contributed by atoms with Crippen LogP contribution in [-0.2, 0) is 4.79 Å². The number of hydrogen-bond donors (Lipinski definition) is 2. The van der Waals surface area contributed by atoms with Gasteiger partial charge in [-0.3, -0.25) is 14.8 Å². The first-order valence-corrected chi connectivity index (χ1v) is 6.98. The van der Waals surface area contributed by atoms with Gasteiger partial charge in [0.15, 0.2) is 0 Å². The molecule has 1 saturated carbocycles. The molecule has 21 heavy (non-hydrogen) atoms. The monoisotopic (exact) mass is 306 g/mol. The maximum absolute atomic E-state index is 12.0. The highest BCUT2D eigenvalue weighted by atomic mass is 35.5. The molecule has 1 heterocycles. The van der Waals surface area contributed by atoms with E-state index in [1.807, 2.05) is 18.2 Å². The summed E-state index contributed by atoms with van der Waals surface area (Å²) in [7, 11) is 0. The molecule has 3 rings (SSSR count). The van der Waals surface area contributed by atoms with Crippen molar-refractivity contribution < 1.29 is 4.79 Å². The largest absolute Gasteiger partial charge is 0.327 e. The van der Waals surface area contributed by atoms with Crippen LogP contribution in [0.4, 0.5) is 5.69 Å². The first-order valence-electron chi connectivity index (χ1n) is 6.98. The van der Waals surface area contributed by atoms with Crippen molar-refractivity contribution in [2.75, 3.05) is 5.32 Å². The number of nitrogens with one attached hydrogen (secondary N) is 1. The number of nitrogens with zero attached hydrogens (tertiary/aromatic N) is 2. The first kappa shape index (κ1) is 15.7. The summed E-state index contributed by atoms with van der Waals surface area (Å²) in [5.41, 5.74) is 8.36. The predicted molar refractivity (Wildman–Crippen MR) is 85.3 cm³/mol. The lowest BCUT2D eigenvalue weighted by Gasteiger charge is -2.14. The minimum Gasteiger partial charge on any atom is -0.327 e. The van der Waals surface area contributed by atoms with E-state index in [1.165, 1.54) is 0 Å². The van der Waals surface area contributed by atoms with Gasteiger partial charge in [0.1, 0.15) is 0 Å². The molecule has 0 bridgehead atoms. The topological polar surface area (TPSA) is 80.9 Å². The Morgan fingerprint density at radius 1 is 1.24 bits per heavy atom. The van der Waals surface area contributed by atoms with E-state index in [1.54, 1.807) is 12.4 Å². The van der Waals surface area contributed by atoms with Crippen LogP contribution in [0.15, 0.2) is 30.6 Å². The summed E-state index contributed by atoms with van der Waals surface area (Å²) in [6.45, 7) is 0. The molecular weight excluding hydrogens is 288 g/mol. The van der Waals surface area contributed by atoms with Crippen molar-refractivity contribution >= 4 is 35.0 Å². The number of carbonyl (C=O) groups excluding carboxylic acids is 1. The summed E-state index contributed by atoms with van der Waals surface area (Å²) in [4.78, 5) is 20.5. The molecular formula is C15H19ClN4O. The zero-order valence-corrected chi connectivity index (χ0v) is 12.5. The summed E-state index contributed by atoms with van der Waals surface area (Å²) in [5.74, 6) is 0.339. The van der Waals surface area contributed by atoms with Gasteiger partial charge >= 0.3 is 0 Å². The number of fused-ring (bicyclic) bond motifs is 1. The van der Waals surface area contributed by atoms with Crippen molar-refractivity contribution in [1.29, 1.82) is 0 Å². The van der Waals surface area contributed by atoms with Gasteiger partial charge in [-0.2, -0.15) is 0 Å². The van der Waals surface area contributed by atoms with Crippen molar-refractivity contribution in [3.63, 3.8) is 0 Å². The van der Waals surface area contributed by atoms with E-state index < -0.39 is 0 Å². The zero-order valence-electron chi connectivity index (χ0n) is 11.7. The molecule has 3 N–H and O–H groups in total. The van der Waals surface area contributed by atoms with Crippen LogP contribution in [0.5, 0.6) is 0 Å². The fraction of sp³-hybridized carbons (Fsp3) is 0.400. The molecule has 2 aromatic rings. The Kier molecular flexibility index (Phi) is 5.09. The Hall–Kier alpha value is -1.72. The van der Waals surface area contributed by atoms with Crippen LogP contribution in [-0.4, -0.2) is 21.9 Å². The van der Waals surface area contributed by atoms with E-state index in [9.17, 15) is 4.79 Å². The Morgan fingerprint density at radius 2 is 2.00 bits per heavy atom. The summed E-state index contributed by atoms with van der Waals surface area (Å²) in [6.07, 6.45) is 7.01. The van der Waals surface area contributed by atoms with E-state index in [-0.39, 0.29) is 24.4 Å². The normalized spacial score (nSPS) is 21.0. The Morgan fingerprint density at radius 3 is 2.71 bits per heavy atom. The number of benzene rings is 1. The first-order chi connectivity index (χ1) is 9.72. The van der Waals surface area contributed by atoms with E-state index >= 15 is 0 Å². The maximum Gasteiger partial charge on any atom is 0.224 e. The number of anilines is 1. The molecule has 0 radical (unpaired) electrons. The van der Waals surface area contributed by atoms with Crippen LogP contribution in [0.1, 0.15) is 25.7 Å². The molecule has 1 fully saturated rings.